The van der Waals surface area contributed by atoms with Crippen LogP contribution in [0, 0.1) is 0 Å². The van der Waals surface area contributed by atoms with Gasteiger partial charge in [0.05, 0.1) is 121 Å². The number of benzene rings is 6. The van der Waals surface area contributed by atoms with Crippen LogP contribution in [0.3, 0.4) is 0 Å². The highest BCUT2D eigenvalue weighted by Crippen LogP contribution is 2.43. The first-order valence-electron chi connectivity index (χ1n) is 39.2. The van der Waals surface area contributed by atoms with E-state index in [4.69, 9.17) is 53.8 Å². The molecule has 37 heteroatoms. The summed E-state index contributed by atoms with van der Waals surface area (Å²) >= 11 is 19.2. The molecule has 9 aromatic rings. The zero-order valence-corrected chi connectivity index (χ0v) is 73.1. The van der Waals surface area contributed by atoms with Crippen molar-refractivity contribution in [3.05, 3.63) is 176 Å². The standard InChI is InChI=1S/C29H35ClN6O4S.C27H31ClN6O4S.C27H30ClN5O6S/c1-17(2)40-25-12-19-16-36(20-8-7-11-31-14-20)28(37)21(19)13-24(25)34-29-32-15-22(30)27(35-29)33-23-9-5-6-10-26(23)41(38,39)18(3)4;1-15(2)38-23-9-17-14-34(18-11-29-12-18)26(35)19(17)10-22(23)32-27-30-13-20(28)25(33-27)31-21-7-5-6-8-24(21)39(36,37)16(3)4;1-6-38-27(35)33-14-17-11-22(39-15(2)3)21(12-18(17)25(33)34)31-26-29-13-19(28)24(32-26)30-20-9-7-8-10-23(20)40(36,37)16(4)5/h5-6,9-10,12-13,15,17-18,20,31H,7-8,11,14,16H2,1-4H3,(H2,32,33,34,35);5-10,13,15-16,18,29H,11-12,14H2,1-4H3,(H2,30,31,32,33);7-13,15-16H,6,14H2,1-5H3,(H2,29,30,31,32)/t20-;;/m0../s1. The quantitative estimate of drug-likeness (QED) is 0.0237. The number of amides is 4. The molecule has 2 saturated heterocycles. The van der Waals surface area contributed by atoms with Gasteiger partial charge in [-0.15, -0.1) is 0 Å². The summed E-state index contributed by atoms with van der Waals surface area (Å²) < 4.78 is 101. The van der Waals surface area contributed by atoms with E-state index in [0.29, 0.717) is 86.7 Å². The van der Waals surface area contributed by atoms with E-state index >= 15 is 0 Å². The number of fused-ring (bicyclic) bond motifs is 3. The van der Waals surface area contributed by atoms with Crippen LogP contribution in [-0.4, -0.2) is 173 Å². The summed E-state index contributed by atoms with van der Waals surface area (Å²) in [5.74, 6) is 2.21. The molecule has 8 heterocycles. The number of hydrogen-bond donors (Lipinski definition) is 8. The van der Waals surface area contributed by atoms with Crippen LogP contribution in [0.2, 0.25) is 15.1 Å². The summed E-state index contributed by atoms with van der Waals surface area (Å²) in [4.78, 5) is 83.4. The zero-order chi connectivity index (χ0) is 86.4. The Kier molecular flexibility index (Phi) is 27.7. The Hall–Kier alpha value is -10.7. The molecule has 0 spiro atoms. The maximum atomic E-state index is 13.4. The van der Waals surface area contributed by atoms with Crippen molar-refractivity contribution < 1.29 is 63.4 Å². The molecule has 0 radical (unpaired) electrons. The first-order chi connectivity index (χ1) is 57.0. The van der Waals surface area contributed by atoms with Crippen LogP contribution in [0.1, 0.15) is 151 Å². The van der Waals surface area contributed by atoms with Crippen LogP contribution in [0.5, 0.6) is 17.2 Å². The van der Waals surface area contributed by atoms with Gasteiger partial charge in [0.15, 0.2) is 47.0 Å². The van der Waals surface area contributed by atoms with Crippen molar-refractivity contribution in [2.45, 2.75) is 183 Å². The van der Waals surface area contributed by atoms with Gasteiger partial charge in [-0.05, 0) is 199 Å². The van der Waals surface area contributed by atoms with Crippen LogP contribution in [0.15, 0.2) is 142 Å². The van der Waals surface area contributed by atoms with E-state index in [1.54, 1.807) is 139 Å². The Labute approximate surface area is 713 Å². The summed E-state index contributed by atoms with van der Waals surface area (Å²) in [5.41, 5.74) is 6.50. The van der Waals surface area contributed by atoms with Crippen molar-refractivity contribution >= 4 is 158 Å². The zero-order valence-electron chi connectivity index (χ0n) is 68.4. The highest BCUT2D eigenvalue weighted by molar-refractivity contribution is 7.92. The Morgan fingerprint density at radius 2 is 0.783 bits per heavy atom. The highest BCUT2D eigenvalue weighted by atomic mass is 35.5. The average Bonchev–Trinajstić information content (AvgIpc) is 1.66. The molecule has 636 valence electrons. The lowest BCUT2D eigenvalue weighted by Gasteiger charge is -2.35. The molecule has 5 aliphatic heterocycles. The number of imide groups is 1. The number of halogens is 3. The van der Waals surface area contributed by atoms with Gasteiger partial charge in [-0.3, -0.25) is 14.4 Å². The lowest BCUT2D eigenvalue weighted by molar-refractivity contribution is 0.0639. The van der Waals surface area contributed by atoms with Crippen molar-refractivity contribution in [2.75, 3.05) is 64.7 Å². The first kappa shape index (κ1) is 88.6. The smallest absolute Gasteiger partial charge is 0.417 e. The van der Waals surface area contributed by atoms with E-state index in [2.05, 4.69) is 72.4 Å². The topological polar surface area (TPSA) is 391 Å². The summed E-state index contributed by atoms with van der Waals surface area (Å²) in [6, 6.07) is 30.7. The van der Waals surface area contributed by atoms with Gasteiger partial charge in [0.2, 0.25) is 17.8 Å². The lowest BCUT2D eigenvalue weighted by Crippen LogP contribution is -2.57. The van der Waals surface area contributed by atoms with Crippen LogP contribution in [0.25, 0.3) is 0 Å². The van der Waals surface area contributed by atoms with Gasteiger partial charge < -0.3 is 71.3 Å². The molecule has 3 aromatic heterocycles. The molecule has 1 atom stereocenters. The molecule has 31 nitrogen and oxygen atoms in total. The fourth-order valence-electron chi connectivity index (χ4n) is 13.4. The molecule has 0 saturated carbocycles. The number of hydrogen-bond acceptors (Lipinski definition) is 28. The van der Waals surface area contributed by atoms with E-state index in [1.165, 1.54) is 24.7 Å². The molecular weight excluding hydrogens is 1660 g/mol. The number of nitrogens with one attached hydrogen (secondary N) is 8. The van der Waals surface area contributed by atoms with E-state index in [-0.39, 0.29) is 120 Å². The van der Waals surface area contributed by atoms with Crippen molar-refractivity contribution in [3.8, 4) is 17.2 Å². The van der Waals surface area contributed by atoms with E-state index in [9.17, 15) is 44.4 Å². The predicted octanol–water partition coefficient (Wildman–Crippen LogP) is 15.5. The van der Waals surface area contributed by atoms with E-state index < -0.39 is 57.3 Å². The second-order valence-corrected chi connectivity index (χ2v) is 39.1. The number of rotatable bonds is 27. The fourth-order valence-corrected chi connectivity index (χ4v) is 17.5. The van der Waals surface area contributed by atoms with Crippen molar-refractivity contribution in [2.24, 2.45) is 0 Å². The second-order valence-electron chi connectivity index (χ2n) is 30.5. The van der Waals surface area contributed by atoms with Gasteiger partial charge in [-0.25, -0.2) is 49.9 Å². The van der Waals surface area contributed by atoms with Crippen LogP contribution < -0.4 is 56.7 Å². The number of nitrogens with zero attached hydrogens (tertiary/aromatic N) is 9. The molecular formula is C83H96Cl3N17O14S3. The van der Waals surface area contributed by atoms with Gasteiger partial charge in [0.25, 0.3) is 17.7 Å². The van der Waals surface area contributed by atoms with Crippen LogP contribution in [0.4, 0.5) is 74.2 Å². The Morgan fingerprint density at radius 1 is 0.450 bits per heavy atom. The van der Waals surface area contributed by atoms with Crippen LogP contribution >= 0.6 is 34.8 Å². The number of anilines is 12. The number of carbonyl (C=O) groups excluding carboxylic acids is 4. The minimum Gasteiger partial charge on any atom is -0.489 e. The molecule has 5 aliphatic rings. The third kappa shape index (κ3) is 20.0. The fraction of sp³-hybridized carbons (Fsp3) is 0.373. The number of para-hydroxylation sites is 3. The maximum Gasteiger partial charge on any atom is 0.417 e. The maximum absolute atomic E-state index is 13.4. The molecule has 14 rings (SSSR count). The van der Waals surface area contributed by atoms with Crippen molar-refractivity contribution in [1.29, 1.82) is 0 Å². The Balaban J connectivity index is 0.000000165. The number of ether oxygens (including phenoxy) is 4. The summed E-state index contributed by atoms with van der Waals surface area (Å²) in [5, 5.41) is 23.9. The first-order valence-corrected chi connectivity index (χ1v) is 45.0. The normalized spacial score (nSPS) is 15.2. The average molecular weight is 1760 g/mol. The van der Waals surface area contributed by atoms with Crippen LogP contribution in [-0.2, 0) is 53.9 Å². The van der Waals surface area contributed by atoms with Gasteiger partial charge >= 0.3 is 6.09 Å². The third-order valence-electron chi connectivity index (χ3n) is 19.7. The minimum absolute atomic E-state index is 0.00445. The predicted molar refractivity (Wildman–Crippen MR) is 463 cm³/mol. The van der Waals surface area contributed by atoms with Crippen molar-refractivity contribution in [3.63, 3.8) is 0 Å². The molecule has 8 N–H and O–H groups in total. The number of piperidine rings is 1. The number of carbonyl (C=O) groups is 4. The monoisotopic (exact) mass is 1760 g/mol. The summed E-state index contributed by atoms with van der Waals surface area (Å²) in [6.07, 6.45) is 5.11. The molecule has 0 bridgehead atoms. The molecule has 4 amide bonds. The molecule has 120 heavy (non-hydrogen) atoms. The van der Waals surface area contributed by atoms with E-state index in [1.807, 2.05) is 63.5 Å². The highest BCUT2D eigenvalue weighted by Gasteiger charge is 2.40. The SMILES string of the molecule is CC(C)Oc1cc2c(cc1Nc1ncc(Cl)c(Nc3ccccc3S(=O)(=O)C(C)C)n1)C(=O)N(C1CNC1)C2.CC(C)Oc1cc2c(cc1Nc1ncc(Cl)c(Nc3ccccc3S(=O)(=O)C(C)C)n1)C(=O)N([C@H]1CCCNC1)C2.CCOC(=O)N1Cc2cc(OC(C)C)c(Nc3ncc(Cl)c(Nc4ccccc4S(=O)(=O)C(C)C)n3)cc2C1=O. The lowest BCUT2D eigenvalue weighted by atomic mass is 10.1. The van der Waals surface area contributed by atoms with Gasteiger partial charge in [-0.2, -0.15) is 15.0 Å². The Morgan fingerprint density at radius 3 is 1.10 bits per heavy atom. The largest absolute Gasteiger partial charge is 0.489 e. The van der Waals surface area contributed by atoms with Gasteiger partial charge in [0.1, 0.15) is 32.3 Å². The molecule has 0 unspecified atom stereocenters. The summed E-state index contributed by atoms with van der Waals surface area (Å²) in [7, 11) is -10.7. The van der Waals surface area contributed by atoms with E-state index in [0.717, 1.165) is 55.0 Å². The molecule has 0 aliphatic carbocycles. The van der Waals surface area contributed by atoms with Crippen molar-refractivity contribution in [1.82, 2.24) is 55.2 Å². The third-order valence-corrected chi connectivity index (χ3v) is 27.2. The molecule has 6 aromatic carbocycles. The second kappa shape index (κ2) is 37.5. The molecule has 2 fully saturated rings. The van der Waals surface area contributed by atoms with Gasteiger partial charge in [-0.1, -0.05) is 71.2 Å². The number of sulfone groups is 3. The minimum atomic E-state index is -3.59. The Bertz CT molecular complexity index is 5740. The number of aromatic nitrogens is 6. The van der Waals surface area contributed by atoms with Gasteiger partial charge in [0, 0.05) is 55.5 Å². The summed E-state index contributed by atoms with van der Waals surface area (Å²) in [6.45, 7) is 27.5.